The fraction of sp³-hybridized carbons (Fsp3) is 0.133. The molecule has 0 aliphatic rings. The number of anilines is 1. The quantitative estimate of drug-likeness (QED) is 0.910. The lowest BCUT2D eigenvalue weighted by atomic mass is 10.3. The van der Waals surface area contributed by atoms with E-state index in [9.17, 15) is 9.00 Å². The highest BCUT2D eigenvalue weighted by molar-refractivity contribution is 7.85. The van der Waals surface area contributed by atoms with Gasteiger partial charge in [-0.1, -0.05) is 36.4 Å². The van der Waals surface area contributed by atoms with Crippen LogP contribution in [0.1, 0.15) is 6.42 Å². The number of hydrogen-bond acceptors (Lipinski definition) is 2. The molecule has 0 fully saturated rings. The van der Waals surface area contributed by atoms with Crippen LogP contribution in [0.25, 0.3) is 0 Å². The third kappa shape index (κ3) is 4.34. The van der Waals surface area contributed by atoms with Gasteiger partial charge in [0.25, 0.3) is 0 Å². The number of para-hydroxylation sites is 1. The minimum absolute atomic E-state index is 0.115. The van der Waals surface area contributed by atoms with Gasteiger partial charge in [0, 0.05) is 22.8 Å². The highest BCUT2D eigenvalue weighted by Crippen LogP contribution is 2.08. The molecule has 0 bridgehead atoms. The topological polar surface area (TPSA) is 46.2 Å². The second-order valence-corrected chi connectivity index (χ2v) is 5.60. The highest BCUT2D eigenvalue weighted by Gasteiger charge is 2.07. The average Bonchev–Trinajstić information content (AvgIpc) is 2.47. The van der Waals surface area contributed by atoms with Crippen molar-refractivity contribution in [1.82, 2.24) is 0 Å². The number of amides is 1. The summed E-state index contributed by atoms with van der Waals surface area (Å²) in [7, 11) is -1.12. The Bertz CT molecular complexity index is 555. The van der Waals surface area contributed by atoms with Crippen molar-refractivity contribution in [2.24, 2.45) is 0 Å². The van der Waals surface area contributed by atoms with E-state index >= 15 is 0 Å². The lowest BCUT2D eigenvalue weighted by Crippen LogP contribution is -2.14. The summed E-state index contributed by atoms with van der Waals surface area (Å²) in [5, 5.41) is 2.78. The zero-order valence-corrected chi connectivity index (χ0v) is 11.2. The third-order valence-corrected chi connectivity index (χ3v) is 3.95. The molecule has 0 saturated carbocycles. The van der Waals surface area contributed by atoms with Crippen molar-refractivity contribution in [1.29, 1.82) is 0 Å². The molecule has 4 heteroatoms. The van der Waals surface area contributed by atoms with Crippen LogP contribution in [0.5, 0.6) is 0 Å². The maximum absolute atomic E-state index is 11.9. The molecule has 2 aromatic carbocycles. The second kappa shape index (κ2) is 6.85. The van der Waals surface area contributed by atoms with Crippen LogP contribution in [-0.4, -0.2) is 15.9 Å². The predicted octanol–water partition coefficient (Wildman–Crippen LogP) is 2.82. The fourth-order valence-corrected chi connectivity index (χ4v) is 2.69. The number of carbonyl (C=O) groups excluding carboxylic acids is 1. The summed E-state index contributed by atoms with van der Waals surface area (Å²) in [6, 6.07) is 18.4. The Balaban J connectivity index is 1.83. The van der Waals surface area contributed by atoms with Crippen molar-refractivity contribution in [3.8, 4) is 0 Å². The van der Waals surface area contributed by atoms with E-state index in [2.05, 4.69) is 5.32 Å². The van der Waals surface area contributed by atoms with E-state index in [1.807, 2.05) is 60.7 Å². The van der Waals surface area contributed by atoms with Crippen molar-refractivity contribution < 1.29 is 9.00 Å². The van der Waals surface area contributed by atoms with Crippen molar-refractivity contribution in [2.45, 2.75) is 11.3 Å². The molecule has 1 atom stereocenters. The zero-order chi connectivity index (χ0) is 13.5. The molecule has 3 nitrogen and oxygen atoms in total. The average molecular weight is 273 g/mol. The molecule has 2 rings (SSSR count). The van der Waals surface area contributed by atoms with Gasteiger partial charge in [-0.05, 0) is 24.3 Å². The summed E-state index contributed by atoms with van der Waals surface area (Å²) >= 11 is 0. The zero-order valence-electron chi connectivity index (χ0n) is 10.4. The lowest BCUT2D eigenvalue weighted by molar-refractivity contribution is -0.115. The first kappa shape index (κ1) is 13.5. The molecule has 0 heterocycles. The summed E-state index contributed by atoms with van der Waals surface area (Å²) in [4.78, 5) is 12.5. The van der Waals surface area contributed by atoms with Crippen LogP contribution in [0, 0.1) is 0 Å². The smallest absolute Gasteiger partial charge is 0.225 e. The van der Waals surface area contributed by atoms with Gasteiger partial charge in [-0.2, -0.15) is 0 Å². The van der Waals surface area contributed by atoms with Crippen LogP contribution in [0.15, 0.2) is 65.6 Å². The SMILES string of the molecule is O=C(CCS(=O)c1ccccc1)Nc1ccccc1. The molecule has 98 valence electrons. The summed E-state index contributed by atoms with van der Waals surface area (Å²) in [5.74, 6) is 0.221. The molecule has 19 heavy (non-hydrogen) atoms. The normalized spacial score (nSPS) is 11.8. The third-order valence-electron chi connectivity index (χ3n) is 2.58. The minimum Gasteiger partial charge on any atom is -0.326 e. The van der Waals surface area contributed by atoms with Crippen molar-refractivity contribution in [3.05, 3.63) is 60.7 Å². The van der Waals surface area contributed by atoms with E-state index in [0.29, 0.717) is 5.75 Å². The second-order valence-electron chi connectivity index (χ2n) is 4.03. The highest BCUT2D eigenvalue weighted by atomic mass is 32.2. The Kier molecular flexibility index (Phi) is 4.86. The standard InChI is InChI=1S/C15H15NO2S/c17-15(16-13-7-3-1-4-8-13)11-12-19(18)14-9-5-2-6-10-14/h1-10H,11-12H2,(H,16,17). The van der Waals surface area contributed by atoms with Gasteiger partial charge < -0.3 is 5.32 Å². The Hall–Kier alpha value is -1.94. The fourth-order valence-electron chi connectivity index (χ4n) is 1.62. The van der Waals surface area contributed by atoms with Gasteiger partial charge in [0.15, 0.2) is 0 Å². The van der Waals surface area contributed by atoms with Gasteiger partial charge in [-0.15, -0.1) is 0 Å². The summed E-state index contributed by atoms with van der Waals surface area (Å²) in [6.45, 7) is 0. The number of rotatable bonds is 5. The van der Waals surface area contributed by atoms with E-state index in [4.69, 9.17) is 0 Å². The van der Waals surface area contributed by atoms with Gasteiger partial charge in [0.1, 0.15) is 0 Å². The molecule has 0 aliphatic carbocycles. The van der Waals surface area contributed by atoms with Gasteiger partial charge in [0.05, 0.1) is 10.8 Å². The van der Waals surface area contributed by atoms with Gasteiger partial charge in [0.2, 0.25) is 5.91 Å². The molecule has 0 aromatic heterocycles. The number of benzene rings is 2. The summed E-state index contributed by atoms with van der Waals surface area (Å²) < 4.78 is 11.9. The predicted molar refractivity (Wildman–Crippen MR) is 77.4 cm³/mol. The molecule has 1 amide bonds. The first-order chi connectivity index (χ1) is 9.25. The molecule has 0 aliphatic heterocycles. The van der Waals surface area contributed by atoms with E-state index in [0.717, 1.165) is 10.6 Å². The monoisotopic (exact) mass is 273 g/mol. The van der Waals surface area contributed by atoms with Crippen LogP contribution in [0.2, 0.25) is 0 Å². The number of carbonyl (C=O) groups is 1. The molecule has 1 unspecified atom stereocenters. The van der Waals surface area contributed by atoms with Gasteiger partial charge >= 0.3 is 0 Å². The molecule has 0 radical (unpaired) electrons. The molecule has 0 saturated heterocycles. The minimum atomic E-state index is -1.12. The van der Waals surface area contributed by atoms with Crippen molar-refractivity contribution in [3.63, 3.8) is 0 Å². The van der Waals surface area contributed by atoms with Crippen LogP contribution in [-0.2, 0) is 15.6 Å². The van der Waals surface area contributed by atoms with Gasteiger partial charge in [-0.3, -0.25) is 9.00 Å². The number of nitrogens with one attached hydrogen (secondary N) is 1. The molecule has 0 spiro atoms. The first-order valence-electron chi connectivity index (χ1n) is 6.04. The molecule has 2 aromatic rings. The lowest BCUT2D eigenvalue weighted by Gasteiger charge is -2.05. The van der Waals surface area contributed by atoms with Crippen molar-refractivity contribution >= 4 is 22.4 Å². The maximum Gasteiger partial charge on any atom is 0.225 e. The Morgan fingerprint density at radius 2 is 1.53 bits per heavy atom. The Labute approximate surface area is 115 Å². The molecular weight excluding hydrogens is 258 g/mol. The van der Waals surface area contributed by atoms with Crippen LogP contribution in [0.3, 0.4) is 0 Å². The largest absolute Gasteiger partial charge is 0.326 e. The Morgan fingerprint density at radius 1 is 0.947 bits per heavy atom. The summed E-state index contributed by atoms with van der Waals surface area (Å²) in [5.41, 5.74) is 0.762. The molecule has 1 N–H and O–H groups in total. The van der Waals surface area contributed by atoms with Crippen LogP contribution in [0.4, 0.5) is 5.69 Å². The van der Waals surface area contributed by atoms with E-state index < -0.39 is 10.8 Å². The van der Waals surface area contributed by atoms with Crippen molar-refractivity contribution in [2.75, 3.05) is 11.1 Å². The first-order valence-corrected chi connectivity index (χ1v) is 7.36. The molecular formula is C15H15NO2S. The van der Waals surface area contributed by atoms with E-state index in [-0.39, 0.29) is 12.3 Å². The maximum atomic E-state index is 11.9. The van der Waals surface area contributed by atoms with Crippen LogP contribution >= 0.6 is 0 Å². The number of hydrogen-bond donors (Lipinski definition) is 1. The Morgan fingerprint density at radius 3 is 2.16 bits per heavy atom. The van der Waals surface area contributed by atoms with E-state index in [1.54, 1.807) is 0 Å². The van der Waals surface area contributed by atoms with Gasteiger partial charge in [-0.25, -0.2) is 0 Å². The summed E-state index contributed by atoms with van der Waals surface area (Å²) in [6.07, 6.45) is 0.246. The van der Waals surface area contributed by atoms with E-state index in [1.165, 1.54) is 0 Å². The van der Waals surface area contributed by atoms with Crippen LogP contribution < -0.4 is 5.32 Å².